The Hall–Kier alpha value is -2.32. The summed E-state index contributed by atoms with van der Waals surface area (Å²) in [6.07, 6.45) is 1.88. The predicted molar refractivity (Wildman–Crippen MR) is 72.2 cm³/mol. The molecule has 0 aromatic heterocycles. The van der Waals surface area contributed by atoms with Crippen molar-refractivity contribution in [2.45, 2.75) is 44.2 Å². The van der Waals surface area contributed by atoms with Gasteiger partial charge < -0.3 is 26.8 Å². The summed E-state index contributed by atoms with van der Waals surface area (Å²) < 4.78 is 0. The largest absolute Gasteiger partial charge is 0.480 e. The zero-order chi connectivity index (χ0) is 15.8. The lowest BCUT2D eigenvalue weighted by molar-refractivity contribution is -0.139. The van der Waals surface area contributed by atoms with E-state index in [0.29, 0.717) is 0 Å². The number of amides is 4. The molecule has 118 valence electrons. The Kier molecular flexibility index (Phi) is 6.44. The van der Waals surface area contributed by atoms with Gasteiger partial charge in [0.1, 0.15) is 6.04 Å². The molecule has 6 N–H and O–H groups in total. The van der Waals surface area contributed by atoms with Crippen LogP contribution < -0.4 is 21.7 Å². The molecule has 1 atom stereocenters. The zero-order valence-corrected chi connectivity index (χ0v) is 11.6. The van der Waals surface area contributed by atoms with Gasteiger partial charge in [-0.2, -0.15) is 0 Å². The second-order valence-corrected chi connectivity index (χ2v) is 4.89. The third kappa shape index (κ3) is 7.75. The number of carboxylic acids is 1. The molecule has 0 spiro atoms. The number of aliphatic carboxylic acids is 1. The Bertz CT molecular complexity index is 422. The quantitative estimate of drug-likeness (QED) is 0.357. The minimum Gasteiger partial charge on any atom is -0.480 e. The van der Waals surface area contributed by atoms with Gasteiger partial charge in [0, 0.05) is 25.4 Å². The van der Waals surface area contributed by atoms with Crippen molar-refractivity contribution in [2.24, 2.45) is 5.73 Å². The Balaban J connectivity index is 2.20. The van der Waals surface area contributed by atoms with Crippen LogP contribution in [0.5, 0.6) is 0 Å². The molecule has 1 aliphatic rings. The number of carbonyl (C=O) groups is 4. The minimum absolute atomic E-state index is 0.0831. The summed E-state index contributed by atoms with van der Waals surface area (Å²) in [5.74, 6) is -2.04. The van der Waals surface area contributed by atoms with Gasteiger partial charge in [-0.25, -0.2) is 9.59 Å². The molecule has 1 fully saturated rings. The fourth-order valence-electron chi connectivity index (χ4n) is 1.57. The molecule has 0 aromatic rings. The number of nitrogens with two attached hydrogens (primary N) is 1. The van der Waals surface area contributed by atoms with Crippen LogP contribution in [0.2, 0.25) is 0 Å². The fraction of sp³-hybridized carbons (Fsp3) is 0.667. The summed E-state index contributed by atoms with van der Waals surface area (Å²) >= 11 is 0. The molecule has 1 saturated carbocycles. The second kappa shape index (κ2) is 8.08. The first-order valence-electron chi connectivity index (χ1n) is 6.73. The van der Waals surface area contributed by atoms with Crippen LogP contribution in [0.25, 0.3) is 0 Å². The molecule has 0 unspecified atom stereocenters. The van der Waals surface area contributed by atoms with Crippen LogP contribution in [0.4, 0.5) is 4.79 Å². The molecule has 1 rings (SSSR count). The van der Waals surface area contributed by atoms with Crippen LogP contribution in [-0.2, 0) is 14.4 Å². The van der Waals surface area contributed by atoms with Crippen LogP contribution in [0.3, 0.4) is 0 Å². The van der Waals surface area contributed by atoms with Gasteiger partial charge in [-0.1, -0.05) is 0 Å². The second-order valence-electron chi connectivity index (χ2n) is 4.89. The first kappa shape index (κ1) is 16.7. The van der Waals surface area contributed by atoms with E-state index in [2.05, 4.69) is 16.0 Å². The molecule has 0 heterocycles. The summed E-state index contributed by atoms with van der Waals surface area (Å²) in [5, 5.41) is 16.3. The number of carbonyl (C=O) groups excluding carboxylic acids is 3. The fourth-order valence-corrected chi connectivity index (χ4v) is 1.57. The van der Waals surface area contributed by atoms with E-state index < -0.39 is 23.9 Å². The van der Waals surface area contributed by atoms with Crippen LogP contribution in [0.1, 0.15) is 32.1 Å². The van der Waals surface area contributed by atoms with Crippen LogP contribution in [0, 0.1) is 0 Å². The molecular formula is C12H20N4O5. The molecule has 4 amide bonds. The number of urea groups is 1. The zero-order valence-electron chi connectivity index (χ0n) is 11.6. The van der Waals surface area contributed by atoms with Crippen molar-refractivity contribution >= 4 is 23.8 Å². The van der Waals surface area contributed by atoms with Crippen molar-refractivity contribution in [1.82, 2.24) is 16.0 Å². The predicted octanol–water partition coefficient (Wildman–Crippen LogP) is -1.33. The number of rotatable bonds is 9. The van der Waals surface area contributed by atoms with Crippen molar-refractivity contribution in [2.75, 3.05) is 6.54 Å². The molecule has 0 radical (unpaired) electrons. The minimum atomic E-state index is -1.25. The van der Waals surface area contributed by atoms with E-state index in [0.717, 1.165) is 12.8 Å². The number of nitrogens with one attached hydrogen (secondary N) is 3. The number of carboxylic acid groups (broad SMARTS) is 1. The molecule has 9 heteroatoms. The van der Waals surface area contributed by atoms with Gasteiger partial charge in [-0.15, -0.1) is 0 Å². The van der Waals surface area contributed by atoms with Gasteiger partial charge in [-0.3, -0.25) is 9.59 Å². The first-order chi connectivity index (χ1) is 9.88. The van der Waals surface area contributed by atoms with Crippen LogP contribution in [-0.4, -0.2) is 47.5 Å². The van der Waals surface area contributed by atoms with Crippen molar-refractivity contribution in [3.8, 4) is 0 Å². The van der Waals surface area contributed by atoms with E-state index in [-0.39, 0.29) is 37.8 Å². The summed E-state index contributed by atoms with van der Waals surface area (Å²) in [6, 6.07) is -1.64. The normalized spacial score (nSPS) is 14.9. The summed E-state index contributed by atoms with van der Waals surface area (Å²) in [7, 11) is 0. The van der Waals surface area contributed by atoms with Crippen molar-refractivity contribution in [3.05, 3.63) is 0 Å². The average Bonchev–Trinajstić information content (AvgIpc) is 3.17. The lowest BCUT2D eigenvalue weighted by Gasteiger charge is -2.14. The van der Waals surface area contributed by atoms with Crippen molar-refractivity contribution in [3.63, 3.8) is 0 Å². The molecule has 0 aliphatic heterocycles. The molecular weight excluding hydrogens is 280 g/mol. The summed E-state index contributed by atoms with van der Waals surface area (Å²) in [5.41, 5.74) is 4.93. The van der Waals surface area contributed by atoms with Crippen molar-refractivity contribution < 1.29 is 24.3 Å². The molecule has 0 aromatic carbocycles. The Labute approximate surface area is 121 Å². The van der Waals surface area contributed by atoms with Crippen LogP contribution >= 0.6 is 0 Å². The standard InChI is InChI=1S/C12H20N4O5/c13-9(17)4-3-8(11(19)20)16-12(21)14-6-5-10(18)15-7-1-2-7/h7-8H,1-6H2,(H2,13,17)(H,15,18)(H,19,20)(H2,14,16,21)/t8-/m1/s1. The molecule has 0 bridgehead atoms. The summed E-state index contributed by atoms with van der Waals surface area (Å²) in [6.45, 7) is 0.104. The highest BCUT2D eigenvalue weighted by atomic mass is 16.4. The lowest BCUT2D eigenvalue weighted by Crippen LogP contribution is -2.47. The van der Waals surface area contributed by atoms with E-state index in [9.17, 15) is 19.2 Å². The molecule has 21 heavy (non-hydrogen) atoms. The number of hydrogen-bond acceptors (Lipinski definition) is 4. The van der Waals surface area contributed by atoms with E-state index in [4.69, 9.17) is 10.8 Å². The highest BCUT2D eigenvalue weighted by molar-refractivity contribution is 5.84. The summed E-state index contributed by atoms with van der Waals surface area (Å²) in [4.78, 5) is 44.3. The lowest BCUT2D eigenvalue weighted by atomic mass is 10.1. The monoisotopic (exact) mass is 300 g/mol. The smallest absolute Gasteiger partial charge is 0.326 e. The first-order valence-corrected chi connectivity index (χ1v) is 6.73. The van der Waals surface area contributed by atoms with Gasteiger partial charge in [0.15, 0.2) is 0 Å². The number of primary amides is 1. The van der Waals surface area contributed by atoms with Crippen molar-refractivity contribution in [1.29, 1.82) is 0 Å². The maximum atomic E-state index is 11.5. The number of hydrogen-bond donors (Lipinski definition) is 5. The highest BCUT2D eigenvalue weighted by Gasteiger charge is 2.23. The van der Waals surface area contributed by atoms with Gasteiger partial charge >= 0.3 is 12.0 Å². The average molecular weight is 300 g/mol. The Morgan fingerprint density at radius 1 is 1.19 bits per heavy atom. The molecule has 0 saturated heterocycles. The molecule has 9 nitrogen and oxygen atoms in total. The maximum Gasteiger partial charge on any atom is 0.326 e. The van der Waals surface area contributed by atoms with Crippen LogP contribution in [0.15, 0.2) is 0 Å². The Morgan fingerprint density at radius 2 is 1.86 bits per heavy atom. The van der Waals surface area contributed by atoms with E-state index in [1.165, 1.54) is 0 Å². The third-order valence-corrected chi connectivity index (χ3v) is 2.86. The Morgan fingerprint density at radius 3 is 2.38 bits per heavy atom. The SMILES string of the molecule is NC(=O)CC[C@@H](NC(=O)NCCC(=O)NC1CC1)C(=O)O. The van der Waals surface area contributed by atoms with Gasteiger partial charge in [0.25, 0.3) is 0 Å². The van der Waals surface area contributed by atoms with E-state index >= 15 is 0 Å². The van der Waals surface area contributed by atoms with Gasteiger partial charge in [0.05, 0.1) is 0 Å². The molecule has 1 aliphatic carbocycles. The maximum absolute atomic E-state index is 11.5. The van der Waals surface area contributed by atoms with Gasteiger partial charge in [0.2, 0.25) is 11.8 Å². The highest BCUT2D eigenvalue weighted by Crippen LogP contribution is 2.18. The topological polar surface area (TPSA) is 151 Å². The third-order valence-electron chi connectivity index (χ3n) is 2.86. The van der Waals surface area contributed by atoms with Gasteiger partial charge in [-0.05, 0) is 19.3 Å². The van der Waals surface area contributed by atoms with E-state index in [1.54, 1.807) is 0 Å². The van der Waals surface area contributed by atoms with E-state index in [1.807, 2.05) is 0 Å².